The Bertz CT molecular complexity index is 912. The lowest BCUT2D eigenvalue weighted by Gasteiger charge is -2.25. The van der Waals surface area contributed by atoms with Crippen LogP contribution in [0.4, 0.5) is 0 Å². The number of hydrogen-bond donors (Lipinski definition) is 0. The molecular formula is C23H24N2O3. The zero-order valence-corrected chi connectivity index (χ0v) is 16.2. The van der Waals surface area contributed by atoms with E-state index in [0.29, 0.717) is 31.0 Å². The van der Waals surface area contributed by atoms with E-state index in [1.54, 1.807) is 30.5 Å². The number of hydrogen-bond acceptors (Lipinski definition) is 4. The van der Waals surface area contributed by atoms with Gasteiger partial charge in [0.25, 0.3) is 5.91 Å². The molecule has 0 saturated carbocycles. The average Bonchev–Trinajstić information content (AvgIpc) is 2.74. The zero-order chi connectivity index (χ0) is 19.8. The molecule has 0 aliphatic heterocycles. The Morgan fingerprint density at radius 3 is 2.43 bits per heavy atom. The maximum Gasteiger partial charge on any atom is 0.258 e. The standard InChI is InChI=1S/C23H24N2O3/c1-3-28-22-13-7-5-11-20(22)23(26)25(16-18-9-8-14-24-15-18)17-19-10-4-6-12-21(19)27-2/h4-15H,3,16-17H2,1-2H3. The lowest BCUT2D eigenvalue weighted by Crippen LogP contribution is -2.30. The smallest absolute Gasteiger partial charge is 0.258 e. The van der Waals surface area contributed by atoms with Gasteiger partial charge in [-0.2, -0.15) is 0 Å². The summed E-state index contributed by atoms with van der Waals surface area (Å²) in [6.45, 7) is 3.26. The molecule has 0 atom stereocenters. The minimum Gasteiger partial charge on any atom is -0.496 e. The van der Waals surface area contributed by atoms with Gasteiger partial charge in [-0.25, -0.2) is 0 Å². The van der Waals surface area contributed by atoms with Crippen LogP contribution in [0.25, 0.3) is 0 Å². The molecule has 144 valence electrons. The number of carbonyl (C=O) groups is 1. The van der Waals surface area contributed by atoms with Crippen LogP contribution in [-0.2, 0) is 13.1 Å². The van der Waals surface area contributed by atoms with Crippen LogP contribution in [0.5, 0.6) is 11.5 Å². The molecule has 5 nitrogen and oxygen atoms in total. The molecule has 0 saturated heterocycles. The van der Waals surface area contributed by atoms with E-state index < -0.39 is 0 Å². The second-order valence-electron chi connectivity index (χ2n) is 6.26. The maximum absolute atomic E-state index is 13.4. The van der Waals surface area contributed by atoms with Gasteiger partial charge >= 0.3 is 0 Å². The van der Waals surface area contributed by atoms with E-state index in [9.17, 15) is 4.79 Å². The van der Waals surface area contributed by atoms with Gasteiger partial charge in [-0.05, 0) is 36.8 Å². The van der Waals surface area contributed by atoms with Crippen molar-refractivity contribution in [2.24, 2.45) is 0 Å². The van der Waals surface area contributed by atoms with Crippen molar-refractivity contribution in [3.63, 3.8) is 0 Å². The maximum atomic E-state index is 13.4. The van der Waals surface area contributed by atoms with E-state index in [0.717, 1.165) is 16.9 Å². The lowest BCUT2D eigenvalue weighted by atomic mass is 10.1. The van der Waals surface area contributed by atoms with E-state index in [4.69, 9.17) is 9.47 Å². The Morgan fingerprint density at radius 2 is 1.71 bits per heavy atom. The Morgan fingerprint density at radius 1 is 0.964 bits per heavy atom. The summed E-state index contributed by atoms with van der Waals surface area (Å²) in [5.41, 5.74) is 2.44. The van der Waals surface area contributed by atoms with Crippen molar-refractivity contribution in [3.8, 4) is 11.5 Å². The highest BCUT2D eigenvalue weighted by molar-refractivity contribution is 5.97. The molecule has 5 heteroatoms. The van der Waals surface area contributed by atoms with Crippen LogP contribution in [0.1, 0.15) is 28.4 Å². The zero-order valence-electron chi connectivity index (χ0n) is 16.2. The Hall–Kier alpha value is -3.34. The summed E-state index contributed by atoms with van der Waals surface area (Å²) in [4.78, 5) is 19.4. The topological polar surface area (TPSA) is 51.7 Å². The van der Waals surface area contributed by atoms with Crippen LogP contribution < -0.4 is 9.47 Å². The van der Waals surface area contributed by atoms with E-state index in [2.05, 4.69) is 4.98 Å². The third-order valence-electron chi connectivity index (χ3n) is 4.35. The molecule has 0 unspecified atom stereocenters. The first-order valence-electron chi connectivity index (χ1n) is 9.24. The highest BCUT2D eigenvalue weighted by Crippen LogP contribution is 2.25. The number of rotatable bonds is 8. The molecule has 28 heavy (non-hydrogen) atoms. The van der Waals surface area contributed by atoms with Crippen LogP contribution in [0.3, 0.4) is 0 Å². The van der Waals surface area contributed by atoms with E-state index in [1.165, 1.54) is 0 Å². The molecule has 2 aromatic carbocycles. The number of benzene rings is 2. The molecule has 0 bridgehead atoms. The van der Waals surface area contributed by atoms with Crippen molar-refractivity contribution in [3.05, 3.63) is 89.7 Å². The largest absolute Gasteiger partial charge is 0.496 e. The van der Waals surface area contributed by atoms with E-state index in [-0.39, 0.29) is 5.91 Å². The van der Waals surface area contributed by atoms with Crippen molar-refractivity contribution in [1.82, 2.24) is 9.88 Å². The van der Waals surface area contributed by atoms with Crippen LogP contribution in [0.2, 0.25) is 0 Å². The van der Waals surface area contributed by atoms with Gasteiger partial charge in [-0.15, -0.1) is 0 Å². The SMILES string of the molecule is CCOc1ccccc1C(=O)N(Cc1cccnc1)Cc1ccccc1OC. The fourth-order valence-electron chi connectivity index (χ4n) is 3.05. The number of methoxy groups -OCH3 is 1. The summed E-state index contributed by atoms with van der Waals surface area (Å²) in [5, 5.41) is 0. The van der Waals surface area contributed by atoms with Gasteiger partial charge in [0.05, 0.1) is 19.3 Å². The molecule has 3 rings (SSSR count). The number of amides is 1. The number of para-hydroxylation sites is 2. The second kappa shape index (κ2) is 9.55. The second-order valence-corrected chi connectivity index (χ2v) is 6.26. The summed E-state index contributed by atoms with van der Waals surface area (Å²) in [5.74, 6) is 1.25. The Balaban J connectivity index is 1.95. The Kier molecular flexibility index (Phi) is 6.63. The molecule has 0 aliphatic rings. The fraction of sp³-hybridized carbons (Fsp3) is 0.217. The first-order valence-corrected chi connectivity index (χ1v) is 9.24. The molecule has 1 heterocycles. The molecule has 0 spiro atoms. The van der Waals surface area contributed by atoms with Crippen molar-refractivity contribution in [2.45, 2.75) is 20.0 Å². The van der Waals surface area contributed by atoms with Crippen LogP contribution in [0.15, 0.2) is 73.1 Å². The number of nitrogens with zero attached hydrogens (tertiary/aromatic N) is 2. The van der Waals surface area contributed by atoms with Gasteiger partial charge < -0.3 is 14.4 Å². The monoisotopic (exact) mass is 376 g/mol. The number of carbonyl (C=O) groups excluding carboxylic acids is 1. The normalized spacial score (nSPS) is 10.4. The summed E-state index contributed by atoms with van der Waals surface area (Å²) < 4.78 is 11.1. The van der Waals surface area contributed by atoms with E-state index >= 15 is 0 Å². The summed E-state index contributed by atoms with van der Waals surface area (Å²) >= 11 is 0. The first kappa shape index (κ1) is 19.4. The van der Waals surface area contributed by atoms with Gasteiger partial charge in [0, 0.05) is 31.0 Å². The number of aromatic nitrogens is 1. The van der Waals surface area contributed by atoms with Crippen molar-refractivity contribution in [2.75, 3.05) is 13.7 Å². The van der Waals surface area contributed by atoms with Gasteiger partial charge in [-0.3, -0.25) is 9.78 Å². The third kappa shape index (κ3) is 4.68. The molecule has 1 amide bonds. The Labute approximate surface area is 165 Å². The molecule has 0 fully saturated rings. The van der Waals surface area contributed by atoms with Crippen molar-refractivity contribution >= 4 is 5.91 Å². The first-order chi connectivity index (χ1) is 13.7. The molecule has 0 radical (unpaired) electrons. The van der Waals surface area contributed by atoms with Crippen LogP contribution in [-0.4, -0.2) is 29.5 Å². The van der Waals surface area contributed by atoms with Gasteiger partial charge in [0.2, 0.25) is 0 Å². The lowest BCUT2D eigenvalue weighted by molar-refractivity contribution is 0.0724. The van der Waals surface area contributed by atoms with Gasteiger partial charge in [-0.1, -0.05) is 36.4 Å². The van der Waals surface area contributed by atoms with Crippen molar-refractivity contribution in [1.29, 1.82) is 0 Å². The molecular weight excluding hydrogens is 352 g/mol. The van der Waals surface area contributed by atoms with Crippen LogP contribution >= 0.6 is 0 Å². The molecule has 3 aromatic rings. The minimum absolute atomic E-state index is 0.0983. The third-order valence-corrected chi connectivity index (χ3v) is 4.35. The quantitative estimate of drug-likeness (QED) is 0.587. The minimum atomic E-state index is -0.0983. The number of pyridine rings is 1. The molecule has 1 aromatic heterocycles. The number of ether oxygens (including phenoxy) is 2. The van der Waals surface area contributed by atoms with Gasteiger partial charge in [0.15, 0.2) is 0 Å². The summed E-state index contributed by atoms with van der Waals surface area (Å²) in [6.07, 6.45) is 3.50. The van der Waals surface area contributed by atoms with E-state index in [1.807, 2.05) is 61.5 Å². The summed E-state index contributed by atoms with van der Waals surface area (Å²) in [6, 6.07) is 18.9. The predicted octanol–water partition coefficient (Wildman–Crippen LogP) is 4.33. The summed E-state index contributed by atoms with van der Waals surface area (Å²) in [7, 11) is 1.64. The fourth-order valence-corrected chi connectivity index (χ4v) is 3.05. The van der Waals surface area contributed by atoms with Gasteiger partial charge in [0.1, 0.15) is 11.5 Å². The van der Waals surface area contributed by atoms with Crippen molar-refractivity contribution < 1.29 is 14.3 Å². The predicted molar refractivity (Wildman–Crippen MR) is 108 cm³/mol. The molecule has 0 aliphatic carbocycles. The average molecular weight is 376 g/mol. The van der Waals surface area contributed by atoms with Crippen LogP contribution in [0, 0.1) is 0 Å². The highest BCUT2D eigenvalue weighted by atomic mass is 16.5. The molecule has 0 N–H and O–H groups in total. The highest BCUT2D eigenvalue weighted by Gasteiger charge is 2.21.